The highest BCUT2D eigenvalue weighted by atomic mass is 16.5. The number of hydrogen-bond acceptors (Lipinski definition) is 4. The molecule has 3 N–H and O–H groups in total. The zero-order valence-corrected chi connectivity index (χ0v) is 8.82. The molecule has 2 rings (SSSR count). The van der Waals surface area contributed by atoms with E-state index in [2.05, 4.69) is 10.1 Å². The van der Waals surface area contributed by atoms with Gasteiger partial charge in [0.2, 0.25) is 5.91 Å². The molecular weight excluding hydrogens is 208 g/mol. The predicted octanol–water partition coefficient (Wildman–Crippen LogP) is 0.354. The maximum atomic E-state index is 11.2. The van der Waals surface area contributed by atoms with Crippen molar-refractivity contribution >= 4 is 17.6 Å². The monoisotopic (exact) mass is 220 g/mol. The zero-order chi connectivity index (χ0) is 11.7. The maximum absolute atomic E-state index is 11.2. The van der Waals surface area contributed by atoms with Crippen molar-refractivity contribution in [2.75, 3.05) is 12.4 Å². The lowest BCUT2D eigenvalue weighted by Crippen LogP contribution is -2.22. The van der Waals surface area contributed by atoms with E-state index in [-0.39, 0.29) is 5.91 Å². The number of ether oxygens (including phenoxy) is 1. The Kier molecular flexibility index (Phi) is 2.62. The smallest absolute Gasteiger partial charge is 0.327 e. The number of esters is 1. The summed E-state index contributed by atoms with van der Waals surface area (Å²) in [6.07, 6.45) is 0.330. The number of anilines is 1. The topological polar surface area (TPSA) is 81.4 Å². The van der Waals surface area contributed by atoms with E-state index in [4.69, 9.17) is 5.73 Å². The Labute approximate surface area is 92.6 Å². The third-order valence-electron chi connectivity index (χ3n) is 2.57. The molecule has 1 amide bonds. The normalized spacial score (nSPS) is 15.2. The van der Waals surface area contributed by atoms with E-state index < -0.39 is 12.0 Å². The van der Waals surface area contributed by atoms with E-state index in [1.165, 1.54) is 7.11 Å². The highest BCUT2D eigenvalue weighted by Crippen LogP contribution is 2.26. The van der Waals surface area contributed by atoms with Gasteiger partial charge in [-0.3, -0.25) is 9.59 Å². The Bertz CT molecular complexity index is 457. The average molecular weight is 220 g/mol. The number of fused-ring (bicyclic) bond motifs is 1. The summed E-state index contributed by atoms with van der Waals surface area (Å²) < 4.78 is 4.56. The number of hydrogen-bond donors (Lipinski definition) is 2. The van der Waals surface area contributed by atoms with Crippen LogP contribution in [0.4, 0.5) is 5.69 Å². The van der Waals surface area contributed by atoms with E-state index in [0.717, 1.165) is 11.3 Å². The summed E-state index contributed by atoms with van der Waals surface area (Å²) in [4.78, 5) is 22.4. The van der Waals surface area contributed by atoms with Crippen LogP contribution in [0.5, 0.6) is 0 Å². The summed E-state index contributed by atoms with van der Waals surface area (Å²) >= 11 is 0. The predicted molar refractivity (Wildman–Crippen MR) is 57.7 cm³/mol. The number of carbonyl (C=O) groups is 2. The number of nitrogens with two attached hydrogens (primary N) is 1. The van der Waals surface area contributed by atoms with Crippen LogP contribution >= 0.6 is 0 Å². The fraction of sp³-hybridized carbons (Fsp3) is 0.273. The fourth-order valence-electron chi connectivity index (χ4n) is 1.71. The lowest BCUT2D eigenvalue weighted by molar-refractivity contribution is -0.142. The molecule has 16 heavy (non-hydrogen) atoms. The maximum Gasteiger partial charge on any atom is 0.327 e. The molecule has 1 atom stereocenters. The molecule has 1 aromatic carbocycles. The number of carbonyl (C=O) groups excluding carboxylic acids is 2. The zero-order valence-electron chi connectivity index (χ0n) is 8.82. The first-order valence-electron chi connectivity index (χ1n) is 4.88. The summed E-state index contributed by atoms with van der Waals surface area (Å²) in [5.74, 6) is -0.531. The molecule has 5 heteroatoms. The number of nitrogens with one attached hydrogen (secondary N) is 1. The second kappa shape index (κ2) is 3.94. The molecule has 5 nitrogen and oxygen atoms in total. The molecular formula is C11H12N2O3. The van der Waals surface area contributed by atoms with Gasteiger partial charge < -0.3 is 15.8 Å². The van der Waals surface area contributed by atoms with Gasteiger partial charge in [0, 0.05) is 5.69 Å². The molecule has 0 radical (unpaired) electrons. The first-order valence-corrected chi connectivity index (χ1v) is 4.88. The van der Waals surface area contributed by atoms with Gasteiger partial charge in [0.1, 0.15) is 6.04 Å². The van der Waals surface area contributed by atoms with Crippen LogP contribution in [0.25, 0.3) is 0 Å². The first kappa shape index (κ1) is 10.6. The number of benzene rings is 1. The molecule has 0 aromatic heterocycles. The Morgan fingerprint density at radius 3 is 3.00 bits per heavy atom. The molecule has 1 aliphatic rings. The van der Waals surface area contributed by atoms with E-state index in [1.54, 1.807) is 18.2 Å². The molecule has 0 saturated carbocycles. The summed E-state index contributed by atoms with van der Waals surface area (Å²) in [6, 6.07) is 4.42. The second-order valence-corrected chi connectivity index (χ2v) is 3.64. The number of methoxy groups -OCH3 is 1. The van der Waals surface area contributed by atoms with Gasteiger partial charge in [-0.1, -0.05) is 12.1 Å². The minimum absolute atomic E-state index is 0.0428. The van der Waals surface area contributed by atoms with Crippen molar-refractivity contribution < 1.29 is 14.3 Å². The lowest BCUT2D eigenvalue weighted by Gasteiger charge is -2.10. The highest BCUT2D eigenvalue weighted by Gasteiger charge is 2.21. The van der Waals surface area contributed by atoms with Crippen molar-refractivity contribution in [2.24, 2.45) is 5.73 Å². The first-order chi connectivity index (χ1) is 7.61. The van der Waals surface area contributed by atoms with Crippen LogP contribution in [0.3, 0.4) is 0 Å². The van der Waals surface area contributed by atoms with E-state index in [0.29, 0.717) is 12.0 Å². The van der Waals surface area contributed by atoms with Crippen LogP contribution in [0.15, 0.2) is 18.2 Å². The quantitative estimate of drug-likeness (QED) is 0.705. The summed E-state index contributed by atoms with van der Waals surface area (Å²) in [5, 5.41) is 2.71. The lowest BCUT2D eigenvalue weighted by atomic mass is 10.0. The molecule has 0 bridgehead atoms. The van der Waals surface area contributed by atoms with Gasteiger partial charge in [0.15, 0.2) is 0 Å². The van der Waals surface area contributed by atoms with Gasteiger partial charge in [-0.25, -0.2) is 0 Å². The van der Waals surface area contributed by atoms with Crippen LogP contribution in [0.2, 0.25) is 0 Å². The molecule has 84 valence electrons. The molecule has 1 aromatic rings. The van der Waals surface area contributed by atoms with Crippen molar-refractivity contribution in [1.29, 1.82) is 0 Å². The van der Waals surface area contributed by atoms with Gasteiger partial charge in [-0.15, -0.1) is 0 Å². The van der Waals surface area contributed by atoms with E-state index in [9.17, 15) is 9.59 Å². The van der Waals surface area contributed by atoms with Crippen LogP contribution < -0.4 is 11.1 Å². The van der Waals surface area contributed by atoms with Crippen LogP contribution in [0, 0.1) is 0 Å². The average Bonchev–Trinajstić information content (AvgIpc) is 2.65. The van der Waals surface area contributed by atoms with Gasteiger partial charge in [-0.2, -0.15) is 0 Å². The summed E-state index contributed by atoms with van der Waals surface area (Å²) in [7, 11) is 1.29. The molecule has 0 fully saturated rings. The minimum Gasteiger partial charge on any atom is -0.468 e. The second-order valence-electron chi connectivity index (χ2n) is 3.64. The highest BCUT2D eigenvalue weighted by molar-refractivity contribution is 5.99. The SMILES string of the molecule is COC(=O)C(N)c1ccc2c(c1)CC(=O)N2. The fourth-order valence-corrected chi connectivity index (χ4v) is 1.71. The Hall–Kier alpha value is -1.88. The van der Waals surface area contributed by atoms with Gasteiger partial charge in [0.05, 0.1) is 13.5 Å². The van der Waals surface area contributed by atoms with E-state index >= 15 is 0 Å². The molecule has 0 aliphatic carbocycles. The third kappa shape index (κ3) is 1.77. The van der Waals surface area contributed by atoms with Gasteiger partial charge in [0.25, 0.3) is 0 Å². The summed E-state index contributed by atoms with van der Waals surface area (Å²) in [6.45, 7) is 0. The van der Waals surface area contributed by atoms with Crippen LogP contribution in [-0.4, -0.2) is 19.0 Å². The molecule has 0 spiro atoms. The minimum atomic E-state index is -0.800. The molecule has 1 aliphatic heterocycles. The van der Waals surface area contributed by atoms with Crippen LogP contribution in [-0.2, 0) is 20.7 Å². The Balaban J connectivity index is 2.29. The van der Waals surface area contributed by atoms with Crippen molar-refractivity contribution in [1.82, 2.24) is 0 Å². The molecule has 0 saturated heterocycles. The van der Waals surface area contributed by atoms with Gasteiger partial charge in [-0.05, 0) is 17.2 Å². The standard InChI is InChI=1S/C11H12N2O3/c1-16-11(15)10(12)6-2-3-8-7(4-6)5-9(14)13-8/h2-4,10H,5,12H2,1H3,(H,13,14). The van der Waals surface area contributed by atoms with Crippen molar-refractivity contribution in [3.63, 3.8) is 0 Å². The van der Waals surface area contributed by atoms with Crippen molar-refractivity contribution in [2.45, 2.75) is 12.5 Å². The summed E-state index contributed by atoms with van der Waals surface area (Å²) in [5.41, 5.74) is 8.00. The largest absolute Gasteiger partial charge is 0.468 e. The van der Waals surface area contributed by atoms with E-state index in [1.807, 2.05) is 0 Å². The number of rotatable bonds is 2. The third-order valence-corrected chi connectivity index (χ3v) is 2.57. The molecule has 1 unspecified atom stereocenters. The Morgan fingerprint density at radius 1 is 1.56 bits per heavy atom. The Morgan fingerprint density at radius 2 is 2.31 bits per heavy atom. The van der Waals surface area contributed by atoms with Crippen molar-refractivity contribution in [3.05, 3.63) is 29.3 Å². The number of amides is 1. The molecule has 1 heterocycles. The van der Waals surface area contributed by atoms with Crippen LogP contribution in [0.1, 0.15) is 17.2 Å². The van der Waals surface area contributed by atoms with Gasteiger partial charge >= 0.3 is 5.97 Å². The van der Waals surface area contributed by atoms with Crippen molar-refractivity contribution in [3.8, 4) is 0 Å².